The number of likely N-dealkylation sites (tertiary alicyclic amines) is 1. The fraction of sp³-hybridized carbons (Fsp3) is 0.533. The number of nitrogens with two attached hydrogens (primary N) is 1. The third-order valence-corrected chi connectivity index (χ3v) is 3.89. The fourth-order valence-electron chi connectivity index (χ4n) is 2.70. The molecule has 0 atom stereocenters. The third-order valence-electron chi connectivity index (χ3n) is 3.89. The van der Waals surface area contributed by atoms with Gasteiger partial charge in [-0.2, -0.15) is 0 Å². The highest BCUT2D eigenvalue weighted by Crippen LogP contribution is 2.26. The lowest BCUT2D eigenvalue weighted by atomic mass is 9.93. The van der Waals surface area contributed by atoms with Gasteiger partial charge in [-0.1, -0.05) is 6.07 Å². The monoisotopic (exact) mass is 280 g/mol. The van der Waals surface area contributed by atoms with Crippen molar-refractivity contribution < 1.29 is 13.9 Å². The molecule has 1 heterocycles. The van der Waals surface area contributed by atoms with Crippen molar-refractivity contribution in [1.29, 1.82) is 0 Å². The second kappa shape index (κ2) is 6.70. The summed E-state index contributed by atoms with van der Waals surface area (Å²) in [6.07, 6.45) is 2.85. The first kappa shape index (κ1) is 14.8. The topological polar surface area (TPSA) is 55.6 Å². The van der Waals surface area contributed by atoms with E-state index >= 15 is 0 Å². The summed E-state index contributed by atoms with van der Waals surface area (Å²) in [6.45, 7) is 1.99. The number of methoxy groups -OCH3 is 1. The van der Waals surface area contributed by atoms with Crippen molar-refractivity contribution in [3.63, 3.8) is 0 Å². The molecular weight excluding hydrogens is 259 g/mol. The predicted molar refractivity (Wildman–Crippen MR) is 75.3 cm³/mol. The third kappa shape index (κ3) is 3.10. The highest BCUT2D eigenvalue weighted by molar-refractivity contribution is 5.97. The van der Waals surface area contributed by atoms with Crippen LogP contribution in [0.1, 0.15) is 29.6 Å². The standard InChI is InChI=1S/C15H21FN2O2/c1-20-13-4-2-3-12(16)14(13)15(19)18-9-6-11(5-8-17)7-10-18/h2-4,11H,5-10,17H2,1H3. The highest BCUT2D eigenvalue weighted by Gasteiger charge is 2.27. The Kier molecular flexibility index (Phi) is 4.95. The van der Waals surface area contributed by atoms with Crippen molar-refractivity contribution >= 4 is 5.91 Å². The van der Waals surface area contributed by atoms with Gasteiger partial charge in [0.1, 0.15) is 17.1 Å². The van der Waals surface area contributed by atoms with Crippen LogP contribution in [-0.2, 0) is 0 Å². The lowest BCUT2D eigenvalue weighted by Gasteiger charge is -2.32. The Morgan fingerprint density at radius 2 is 2.15 bits per heavy atom. The van der Waals surface area contributed by atoms with Crippen LogP contribution in [0.2, 0.25) is 0 Å². The molecule has 1 aliphatic heterocycles. The molecule has 1 amide bonds. The van der Waals surface area contributed by atoms with Gasteiger partial charge in [-0.05, 0) is 43.9 Å². The average Bonchev–Trinajstić information content (AvgIpc) is 2.47. The van der Waals surface area contributed by atoms with Crippen LogP contribution in [0.3, 0.4) is 0 Å². The number of benzene rings is 1. The molecule has 0 saturated carbocycles. The molecule has 1 aliphatic rings. The van der Waals surface area contributed by atoms with E-state index in [-0.39, 0.29) is 11.5 Å². The molecule has 4 nitrogen and oxygen atoms in total. The first-order chi connectivity index (χ1) is 9.67. The number of piperidine rings is 1. The van der Waals surface area contributed by atoms with Crippen molar-refractivity contribution in [3.8, 4) is 5.75 Å². The molecule has 0 radical (unpaired) electrons. The summed E-state index contributed by atoms with van der Waals surface area (Å²) >= 11 is 0. The van der Waals surface area contributed by atoms with Crippen LogP contribution in [0, 0.1) is 11.7 Å². The summed E-state index contributed by atoms with van der Waals surface area (Å²) in [5.74, 6) is 0.0511. The normalized spacial score (nSPS) is 16.2. The molecule has 5 heteroatoms. The number of hydrogen-bond acceptors (Lipinski definition) is 3. The van der Waals surface area contributed by atoms with E-state index in [0.29, 0.717) is 31.3 Å². The van der Waals surface area contributed by atoms with Crippen molar-refractivity contribution in [2.24, 2.45) is 11.7 Å². The van der Waals surface area contributed by atoms with Crippen LogP contribution in [0.4, 0.5) is 4.39 Å². The zero-order valence-electron chi connectivity index (χ0n) is 11.8. The molecule has 0 aliphatic carbocycles. The van der Waals surface area contributed by atoms with Crippen LogP contribution < -0.4 is 10.5 Å². The summed E-state index contributed by atoms with van der Waals surface area (Å²) in [6, 6.07) is 4.44. The summed E-state index contributed by atoms with van der Waals surface area (Å²) in [5.41, 5.74) is 5.59. The van der Waals surface area contributed by atoms with Gasteiger partial charge in [0.05, 0.1) is 7.11 Å². The molecule has 110 valence electrons. The van der Waals surface area contributed by atoms with Crippen LogP contribution in [-0.4, -0.2) is 37.6 Å². The number of halogens is 1. The summed E-state index contributed by atoms with van der Waals surface area (Å²) < 4.78 is 19.0. The maximum absolute atomic E-state index is 13.9. The minimum atomic E-state index is -0.529. The lowest BCUT2D eigenvalue weighted by molar-refractivity contribution is 0.0679. The number of amides is 1. The van der Waals surface area contributed by atoms with Gasteiger partial charge < -0.3 is 15.4 Å². The number of carbonyl (C=O) groups is 1. The Bertz CT molecular complexity index is 471. The maximum atomic E-state index is 13.9. The minimum absolute atomic E-state index is 0.0345. The lowest BCUT2D eigenvalue weighted by Crippen LogP contribution is -2.39. The van der Waals surface area contributed by atoms with Crippen molar-refractivity contribution in [2.45, 2.75) is 19.3 Å². The van der Waals surface area contributed by atoms with E-state index in [0.717, 1.165) is 19.3 Å². The zero-order valence-corrected chi connectivity index (χ0v) is 11.8. The van der Waals surface area contributed by atoms with Crippen molar-refractivity contribution in [1.82, 2.24) is 4.90 Å². The first-order valence-electron chi connectivity index (χ1n) is 6.99. The summed E-state index contributed by atoms with van der Waals surface area (Å²) in [7, 11) is 1.44. The Morgan fingerprint density at radius 1 is 1.45 bits per heavy atom. The number of nitrogens with zero attached hydrogens (tertiary/aromatic N) is 1. The van der Waals surface area contributed by atoms with Gasteiger partial charge in [-0.15, -0.1) is 0 Å². The molecule has 1 aromatic carbocycles. The second-order valence-electron chi connectivity index (χ2n) is 5.13. The smallest absolute Gasteiger partial charge is 0.260 e. The van der Waals surface area contributed by atoms with E-state index in [1.165, 1.54) is 13.2 Å². The SMILES string of the molecule is COc1cccc(F)c1C(=O)N1CCC(CCN)CC1. The molecule has 0 bridgehead atoms. The van der Waals surface area contributed by atoms with Gasteiger partial charge in [0, 0.05) is 13.1 Å². The number of ether oxygens (including phenoxy) is 1. The molecule has 2 rings (SSSR count). The van der Waals surface area contributed by atoms with Gasteiger partial charge >= 0.3 is 0 Å². The van der Waals surface area contributed by atoms with Gasteiger partial charge in [0.25, 0.3) is 5.91 Å². The van der Waals surface area contributed by atoms with Crippen LogP contribution in [0.25, 0.3) is 0 Å². The van der Waals surface area contributed by atoms with Gasteiger partial charge in [-0.25, -0.2) is 4.39 Å². The molecule has 2 N–H and O–H groups in total. The average molecular weight is 280 g/mol. The zero-order chi connectivity index (χ0) is 14.5. The molecule has 1 fully saturated rings. The number of rotatable bonds is 4. The number of carbonyl (C=O) groups excluding carboxylic acids is 1. The van der Waals surface area contributed by atoms with E-state index in [4.69, 9.17) is 10.5 Å². The van der Waals surface area contributed by atoms with E-state index < -0.39 is 5.82 Å². The van der Waals surface area contributed by atoms with Gasteiger partial charge in [0.15, 0.2) is 0 Å². The van der Waals surface area contributed by atoms with E-state index in [9.17, 15) is 9.18 Å². The Balaban J connectivity index is 2.09. The summed E-state index contributed by atoms with van der Waals surface area (Å²) in [5, 5.41) is 0. The maximum Gasteiger partial charge on any atom is 0.260 e. The molecule has 0 spiro atoms. The van der Waals surface area contributed by atoms with Crippen molar-refractivity contribution in [2.75, 3.05) is 26.7 Å². The predicted octanol–water partition coefficient (Wildman–Crippen LogP) is 2.04. The Hall–Kier alpha value is -1.62. The number of hydrogen-bond donors (Lipinski definition) is 1. The summed E-state index contributed by atoms with van der Waals surface area (Å²) in [4.78, 5) is 14.1. The van der Waals surface area contributed by atoms with Crippen molar-refractivity contribution in [3.05, 3.63) is 29.6 Å². The van der Waals surface area contributed by atoms with Gasteiger partial charge in [-0.3, -0.25) is 4.79 Å². The highest BCUT2D eigenvalue weighted by atomic mass is 19.1. The second-order valence-corrected chi connectivity index (χ2v) is 5.13. The quantitative estimate of drug-likeness (QED) is 0.918. The van der Waals surface area contributed by atoms with E-state index in [1.807, 2.05) is 0 Å². The van der Waals surface area contributed by atoms with Crippen LogP contribution in [0.5, 0.6) is 5.75 Å². The first-order valence-corrected chi connectivity index (χ1v) is 6.99. The molecule has 0 unspecified atom stereocenters. The van der Waals surface area contributed by atoms with E-state index in [2.05, 4.69) is 0 Å². The molecule has 1 saturated heterocycles. The molecular formula is C15H21FN2O2. The Morgan fingerprint density at radius 3 is 2.75 bits per heavy atom. The molecule has 1 aromatic rings. The van der Waals surface area contributed by atoms with Gasteiger partial charge in [0.2, 0.25) is 0 Å². The van der Waals surface area contributed by atoms with Crippen LogP contribution in [0.15, 0.2) is 18.2 Å². The molecule has 0 aromatic heterocycles. The fourth-order valence-corrected chi connectivity index (χ4v) is 2.70. The minimum Gasteiger partial charge on any atom is -0.496 e. The largest absolute Gasteiger partial charge is 0.496 e. The van der Waals surface area contributed by atoms with Crippen LogP contribution >= 0.6 is 0 Å². The van der Waals surface area contributed by atoms with E-state index in [1.54, 1.807) is 17.0 Å². The Labute approximate surface area is 118 Å². The molecule has 20 heavy (non-hydrogen) atoms.